The lowest BCUT2D eigenvalue weighted by Gasteiger charge is -2.41. The lowest BCUT2D eigenvalue weighted by Crippen LogP contribution is -2.46. The molecule has 1 aromatic heterocycles. The number of nitrogens with zero attached hydrogens (tertiary/aromatic N) is 4. The minimum Gasteiger partial charge on any atom is -0.422 e. The molecule has 0 amide bonds. The molecule has 0 radical (unpaired) electrons. The van der Waals surface area contributed by atoms with Gasteiger partial charge in [0.15, 0.2) is 12.1 Å². The Morgan fingerprint density at radius 2 is 1.64 bits per heavy atom. The second-order valence-corrected chi connectivity index (χ2v) is 10.6. The SMILES string of the molecule is C[C@@H](O[C@H]1OCCN(Cc2nn(P(=O)(O)O)c(=O)n2O)[C@H]1c1ccc(F)cc1)c1cc(C(F)(F)F)cc(C(F)(F)F)c1. The second-order valence-electron chi connectivity index (χ2n) is 9.24. The average Bonchev–Trinajstić information content (AvgIpc) is 3.17. The Hall–Kier alpha value is -3.28. The zero-order valence-corrected chi connectivity index (χ0v) is 22.1. The van der Waals surface area contributed by atoms with Crippen LogP contribution in [0, 0.1) is 5.82 Å². The van der Waals surface area contributed by atoms with Gasteiger partial charge in [-0.05, 0) is 48.4 Å². The number of alkyl halides is 6. The van der Waals surface area contributed by atoms with Gasteiger partial charge in [-0.25, -0.2) is 13.8 Å². The van der Waals surface area contributed by atoms with E-state index in [-0.39, 0.29) is 34.0 Å². The van der Waals surface area contributed by atoms with Gasteiger partial charge >= 0.3 is 25.8 Å². The summed E-state index contributed by atoms with van der Waals surface area (Å²) < 4.78 is 117. The summed E-state index contributed by atoms with van der Waals surface area (Å²) in [4.78, 5) is 32.2. The third kappa shape index (κ3) is 6.85. The second kappa shape index (κ2) is 11.4. The van der Waals surface area contributed by atoms with E-state index in [1.807, 2.05) is 0 Å². The summed E-state index contributed by atoms with van der Waals surface area (Å²) in [5.41, 5.74) is -4.83. The quantitative estimate of drug-likeness (QED) is 0.200. The Morgan fingerprint density at radius 3 is 2.14 bits per heavy atom. The van der Waals surface area contributed by atoms with E-state index in [4.69, 9.17) is 9.47 Å². The molecule has 42 heavy (non-hydrogen) atoms. The Kier molecular flexibility index (Phi) is 8.61. The van der Waals surface area contributed by atoms with Gasteiger partial charge in [0.25, 0.3) is 0 Å². The molecule has 11 nitrogen and oxygen atoms in total. The van der Waals surface area contributed by atoms with Crippen LogP contribution in [0.15, 0.2) is 47.3 Å². The fraction of sp³-hybridized carbons (Fsp3) is 0.391. The molecule has 3 N–H and O–H groups in total. The molecule has 2 heterocycles. The van der Waals surface area contributed by atoms with E-state index in [9.17, 15) is 55.1 Å². The normalized spacial score (nSPS) is 19.7. The maximum Gasteiger partial charge on any atom is 0.454 e. The van der Waals surface area contributed by atoms with E-state index < -0.39 is 79.1 Å². The summed E-state index contributed by atoms with van der Waals surface area (Å²) in [6.07, 6.45) is -13.0. The Morgan fingerprint density at radius 1 is 1.07 bits per heavy atom. The number of benzene rings is 2. The molecule has 3 aromatic rings. The minimum atomic E-state index is -5.25. The number of ether oxygens (including phenoxy) is 2. The van der Waals surface area contributed by atoms with Crippen LogP contribution in [0.1, 0.15) is 47.1 Å². The van der Waals surface area contributed by atoms with E-state index in [0.29, 0.717) is 12.1 Å². The number of rotatable bonds is 7. The van der Waals surface area contributed by atoms with Crippen LogP contribution in [0.4, 0.5) is 30.7 Å². The minimum absolute atomic E-state index is 0.00895. The molecule has 4 rings (SSSR count). The van der Waals surface area contributed by atoms with Gasteiger partial charge in [-0.3, -0.25) is 4.90 Å². The largest absolute Gasteiger partial charge is 0.454 e. The van der Waals surface area contributed by atoms with Crippen LogP contribution in [-0.2, 0) is 32.9 Å². The lowest BCUT2D eigenvalue weighted by molar-refractivity contribution is -0.231. The molecule has 1 aliphatic heterocycles. The van der Waals surface area contributed by atoms with Gasteiger partial charge in [-0.15, -0.1) is 14.3 Å². The molecule has 230 valence electrons. The monoisotopic (exact) mass is 630 g/mol. The summed E-state index contributed by atoms with van der Waals surface area (Å²) in [5, 5.41) is 13.6. The van der Waals surface area contributed by atoms with Gasteiger partial charge in [0.05, 0.1) is 36.4 Å². The fourth-order valence-corrected chi connectivity index (χ4v) is 4.87. The van der Waals surface area contributed by atoms with Crippen molar-refractivity contribution in [3.05, 3.63) is 86.8 Å². The zero-order chi connectivity index (χ0) is 31.2. The first-order valence-electron chi connectivity index (χ1n) is 11.9. The third-order valence-electron chi connectivity index (χ3n) is 6.34. The predicted molar refractivity (Wildman–Crippen MR) is 126 cm³/mol. The highest BCUT2D eigenvalue weighted by Crippen LogP contribution is 2.40. The Balaban J connectivity index is 1.71. The molecule has 0 bridgehead atoms. The summed E-state index contributed by atoms with van der Waals surface area (Å²) in [7, 11) is -5.25. The van der Waals surface area contributed by atoms with E-state index in [1.54, 1.807) is 0 Å². The first-order valence-corrected chi connectivity index (χ1v) is 13.5. The van der Waals surface area contributed by atoms with E-state index >= 15 is 0 Å². The van der Waals surface area contributed by atoms with Crippen molar-refractivity contribution in [3.8, 4) is 0 Å². The van der Waals surface area contributed by atoms with Crippen LogP contribution >= 0.6 is 7.75 Å². The van der Waals surface area contributed by atoms with Gasteiger partial charge in [0.2, 0.25) is 0 Å². The molecule has 1 fully saturated rings. The van der Waals surface area contributed by atoms with Crippen molar-refractivity contribution in [2.24, 2.45) is 0 Å². The molecule has 3 atom stereocenters. The molecule has 0 aliphatic carbocycles. The van der Waals surface area contributed by atoms with Crippen LogP contribution in [-0.4, -0.2) is 53.6 Å². The van der Waals surface area contributed by atoms with E-state index in [0.717, 1.165) is 12.1 Å². The van der Waals surface area contributed by atoms with Gasteiger partial charge in [-0.1, -0.05) is 12.1 Å². The molecule has 0 spiro atoms. The van der Waals surface area contributed by atoms with Crippen molar-refractivity contribution < 1.29 is 59.8 Å². The summed E-state index contributed by atoms with van der Waals surface area (Å²) >= 11 is 0. The highest BCUT2D eigenvalue weighted by molar-refractivity contribution is 7.49. The smallest absolute Gasteiger partial charge is 0.422 e. The van der Waals surface area contributed by atoms with Gasteiger partial charge in [0, 0.05) is 6.54 Å². The van der Waals surface area contributed by atoms with Crippen molar-refractivity contribution in [1.29, 1.82) is 0 Å². The van der Waals surface area contributed by atoms with Crippen molar-refractivity contribution in [2.45, 2.75) is 44.3 Å². The maximum absolute atomic E-state index is 13.7. The number of morpholine rings is 1. The van der Waals surface area contributed by atoms with Crippen LogP contribution < -0.4 is 5.69 Å². The molecule has 1 saturated heterocycles. The van der Waals surface area contributed by atoms with E-state index in [2.05, 4.69) is 5.10 Å². The Bertz CT molecular complexity index is 1500. The molecule has 19 heteroatoms. The number of hydrogen-bond donors (Lipinski definition) is 3. The molecular formula is C23H22F7N4O7P. The molecule has 1 aliphatic rings. The topological polar surface area (TPSA) is 139 Å². The first kappa shape index (κ1) is 31.7. The number of hydrogen-bond acceptors (Lipinski definition) is 7. The maximum atomic E-state index is 13.7. The zero-order valence-electron chi connectivity index (χ0n) is 21.3. The summed E-state index contributed by atoms with van der Waals surface area (Å²) in [6, 6.07) is 4.64. The highest BCUT2D eigenvalue weighted by atomic mass is 31.2. The third-order valence-corrected chi connectivity index (χ3v) is 7.09. The van der Waals surface area contributed by atoms with Gasteiger partial charge in [-0.2, -0.15) is 26.3 Å². The van der Waals surface area contributed by atoms with E-state index in [1.165, 1.54) is 24.0 Å². The number of halogens is 7. The molecule has 2 aromatic carbocycles. The molecular weight excluding hydrogens is 608 g/mol. The highest BCUT2D eigenvalue weighted by Gasteiger charge is 2.40. The van der Waals surface area contributed by atoms with Crippen molar-refractivity contribution in [2.75, 3.05) is 13.2 Å². The van der Waals surface area contributed by atoms with Crippen molar-refractivity contribution in [1.82, 2.24) is 19.2 Å². The first-order chi connectivity index (χ1) is 19.4. The summed E-state index contributed by atoms with van der Waals surface area (Å²) in [5.74, 6) is -1.17. The summed E-state index contributed by atoms with van der Waals surface area (Å²) in [6.45, 7) is 0.599. The predicted octanol–water partition coefficient (Wildman–Crippen LogP) is 4.08. The van der Waals surface area contributed by atoms with Crippen LogP contribution in [0.3, 0.4) is 0 Å². The fourth-order valence-electron chi connectivity index (χ4n) is 4.34. The molecule has 0 saturated carbocycles. The standard InChI is InChI=1S/C23H22F7N4O7P/c1-12(14-8-15(22(25,26)27)10-16(9-14)23(28,29)30)41-20-19(13-2-4-17(24)5-3-13)32(6-7-40-20)11-18-31-34(42(37,38)39)21(35)33(18)36/h2-5,8-10,12,19-20,36H,6-7,11H2,1H3,(H2,37,38,39)/t12-,19+,20-/m1/s1. The van der Waals surface area contributed by atoms with Crippen LogP contribution in [0.2, 0.25) is 0 Å². The van der Waals surface area contributed by atoms with Gasteiger partial charge < -0.3 is 24.5 Å². The Labute approximate surface area is 231 Å². The number of aromatic nitrogens is 3. The van der Waals surface area contributed by atoms with Crippen molar-refractivity contribution in [3.63, 3.8) is 0 Å². The van der Waals surface area contributed by atoms with Crippen LogP contribution in [0.5, 0.6) is 0 Å². The van der Waals surface area contributed by atoms with Crippen LogP contribution in [0.25, 0.3) is 0 Å². The van der Waals surface area contributed by atoms with Gasteiger partial charge in [0.1, 0.15) is 5.82 Å². The lowest BCUT2D eigenvalue weighted by atomic mass is 10.0. The average molecular weight is 630 g/mol. The molecule has 0 unspecified atom stereocenters. The van der Waals surface area contributed by atoms with Crippen molar-refractivity contribution >= 4 is 7.75 Å².